The topological polar surface area (TPSA) is 56.6 Å². The molecule has 1 amide bonds. The fourth-order valence-electron chi connectivity index (χ4n) is 3.19. The van der Waals surface area contributed by atoms with E-state index in [1.54, 1.807) is 41.1 Å². The molecule has 1 aliphatic rings. The minimum Gasteiger partial charge on any atom is -0.497 e. The van der Waals surface area contributed by atoms with Crippen LogP contribution >= 0.6 is 0 Å². The Morgan fingerprint density at radius 3 is 2.61 bits per heavy atom. The van der Waals surface area contributed by atoms with Crippen LogP contribution in [0, 0.1) is 5.82 Å². The van der Waals surface area contributed by atoms with Gasteiger partial charge in [0.15, 0.2) is 5.69 Å². The van der Waals surface area contributed by atoms with Crippen LogP contribution in [0.1, 0.15) is 22.2 Å². The Bertz CT molecular complexity index is 954. The zero-order valence-corrected chi connectivity index (χ0v) is 15.4. The van der Waals surface area contributed by atoms with E-state index in [1.807, 2.05) is 24.3 Å². The molecular formula is C21H20FN3O3. The summed E-state index contributed by atoms with van der Waals surface area (Å²) < 4.78 is 25.7. The van der Waals surface area contributed by atoms with Gasteiger partial charge in [-0.25, -0.2) is 9.07 Å². The molecule has 0 radical (unpaired) electrons. The second kappa shape index (κ2) is 7.82. The standard InChI is InChI=1S/C21H20FN3O3/c1-27-18-8-6-17(7-9-18)25-11-10-19(23-25)21(26)24-12-13-28-20(14-24)15-2-4-16(22)5-3-15/h2-11,20H,12-14H2,1H3. The minimum atomic E-state index is -0.295. The lowest BCUT2D eigenvalue weighted by molar-refractivity contribution is -0.0230. The summed E-state index contributed by atoms with van der Waals surface area (Å²) in [4.78, 5) is 14.6. The molecule has 3 aromatic rings. The number of nitrogens with zero attached hydrogens (tertiary/aromatic N) is 3. The first-order chi connectivity index (χ1) is 13.6. The van der Waals surface area contributed by atoms with E-state index >= 15 is 0 Å². The number of ether oxygens (including phenoxy) is 2. The zero-order valence-electron chi connectivity index (χ0n) is 15.4. The molecule has 2 heterocycles. The van der Waals surface area contributed by atoms with Crippen LogP contribution in [0.3, 0.4) is 0 Å². The van der Waals surface area contributed by atoms with Crippen LogP contribution < -0.4 is 4.74 Å². The normalized spacial score (nSPS) is 16.8. The summed E-state index contributed by atoms with van der Waals surface area (Å²) in [5, 5.41) is 4.41. The van der Waals surface area contributed by atoms with Gasteiger partial charge in [0.2, 0.25) is 0 Å². The second-order valence-electron chi connectivity index (χ2n) is 6.51. The van der Waals surface area contributed by atoms with Crippen LogP contribution in [-0.2, 0) is 4.74 Å². The van der Waals surface area contributed by atoms with E-state index in [-0.39, 0.29) is 17.8 Å². The van der Waals surface area contributed by atoms with Crippen molar-refractivity contribution in [2.75, 3.05) is 26.8 Å². The lowest BCUT2D eigenvalue weighted by Gasteiger charge is -2.32. The highest BCUT2D eigenvalue weighted by Crippen LogP contribution is 2.23. The predicted octanol–water partition coefficient (Wildman–Crippen LogP) is 3.23. The minimum absolute atomic E-state index is 0.150. The van der Waals surface area contributed by atoms with Gasteiger partial charge in [-0.1, -0.05) is 12.1 Å². The third-order valence-electron chi connectivity index (χ3n) is 4.74. The van der Waals surface area contributed by atoms with E-state index in [9.17, 15) is 9.18 Å². The Morgan fingerprint density at radius 2 is 1.89 bits per heavy atom. The van der Waals surface area contributed by atoms with Crippen LogP contribution in [0.15, 0.2) is 60.8 Å². The first-order valence-electron chi connectivity index (χ1n) is 9.00. The van der Waals surface area contributed by atoms with Gasteiger partial charge in [0.05, 0.1) is 25.9 Å². The number of amides is 1. The molecule has 0 aliphatic carbocycles. The Kier molecular flexibility index (Phi) is 5.08. The van der Waals surface area contributed by atoms with Crippen molar-refractivity contribution in [1.29, 1.82) is 0 Å². The van der Waals surface area contributed by atoms with Gasteiger partial charge in [-0.15, -0.1) is 0 Å². The first-order valence-corrected chi connectivity index (χ1v) is 9.00. The fraction of sp³-hybridized carbons (Fsp3) is 0.238. The van der Waals surface area contributed by atoms with E-state index < -0.39 is 0 Å². The number of methoxy groups -OCH3 is 1. The van der Waals surface area contributed by atoms with Crippen molar-refractivity contribution in [2.24, 2.45) is 0 Å². The van der Waals surface area contributed by atoms with Crippen molar-refractivity contribution in [1.82, 2.24) is 14.7 Å². The lowest BCUT2D eigenvalue weighted by atomic mass is 10.1. The molecule has 1 aliphatic heterocycles. The number of halogens is 1. The van der Waals surface area contributed by atoms with Gasteiger partial charge in [-0.3, -0.25) is 4.79 Å². The third kappa shape index (κ3) is 3.75. The molecule has 1 saturated heterocycles. The molecule has 0 bridgehead atoms. The summed E-state index contributed by atoms with van der Waals surface area (Å²) in [5.41, 5.74) is 2.06. The molecule has 1 fully saturated rings. The number of morpholine rings is 1. The predicted molar refractivity (Wildman–Crippen MR) is 101 cm³/mol. The van der Waals surface area contributed by atoms with Gasteiger partial charge in [0, 0.05) is 12.7 Å². The van der Waals surface area contributed by atoms with E-state index in [0.717, 1.165) is 17.0 Å². The van der Waals surface area contributed by atoms with Gasteiger partial charge < -0.3 is 14.4 Å². The molecule has 144 valence electrons. The molecule has 1 atom stereocenters. The van der Waals surface area contributed by atoms with Crippen LogP contribution in [0.2, 0.25) is 0 Å². The smallest absolute Gasteiger partial charge is 0.274 e. The highest BCUT2D eigenvalue weighted by molar-refractivity contribution is 5.92. The average Bonchev–Trinajstić information content (AvgIpc) is 3.24. The Balaban J connectivity index is 1.48. The van der Waals surface area contributed by atoms with Crippen molar-refractivity contribution in [3.05, 3.63) is 77.9 Å². The number of hydrogen-bond donors (Lipinski definition) is 0. The van der Waals surface area contributed by atoms with Crippen LogP contribution in [0.25, 0.3) is 5.69 Å². The second-order valence-corrected chi connectivity index (χ2v) is 6.51. The summed E-state index contributed by atoms with van der Waals surface area (Å²) in [5.74, 6) is 0.312. The Hall–Kier alpha value is -3.19. The van der Waals surface area contributed by atoms with Gasteiger partial charge in [-0.05, 0) is 48.0 Å². The molecule has 0 saturated carbocycles. The molecule has 0 N–H and O–H groups in total. The van der Waals surface area contributed by atoms with Gasteiger partial charge >= 0.3 is 0 Å². The SMILES string of the molecule is COc1ccc(-n2ccc(C(=O)N3CCOC(c4ccc(F)cc4)C3)n2)cc1. The monoisotopic (exact) mass is 381 g/mol. The highest BCUT2D eigenvalue weighted by Gasteiger charge is 2.27. The van der Waals surface area contributed by atoms with Gasteiger partial charge in [0.25, 0.3) is 5.91 Å². The first kappa shape index (κ1) is 18.2. The van der Waals surface area contributed by atoms with Crippen LogP contribution in [-0.4, -0.2) is 47.4 Å². The Labute approximate surface area is 162 Å². The molecule has 4 rings (SSSR count). The Morgan fingerprint density at radius 1 is 1.14 bits per heavy atom. The summed E-state index contributed by atoms with van der Waals surface area (Å²) in [6.07, 6.45) is 1.48. The van der Waals surface area contributed by atoms with Crippen molar-refractivity contribution in [3.63, 3.8) is 0 Å². The largest absolute Gasteiger partial charge is 0.497 e. The molecule has 1 unspecified atom stereocenters. The summed E-state index contributed by atoms with van der Waals surface area (Å²) >= 11 is 0. The van der Waals surface area contributed by atoms with Crippen LogP contribution in [0.5, 0.6) is 5.75 Å². The van der Waals surface area contributed by atoms with Crippen molar-refractivity contribution >= 4 is 5.91 Å². The fourth-order valence-corrected chi connectivity index (χ4v) is 3.19. The molecular weight excluding hydrogens is 361 g/mol. The van der Waals surface area contributed by atoms with Crippen molar-refractivity contribution in [3.8, 4) is 11.4 Å². The van der Waals surface area contributed by atoms with Gasteiger partial charge in [-0.2, -0.15) is 5.10 Å². The molecule has 2 aromatic carbocycles. The zero-order chi connectivity index (χ0) is 19.5. The summed E-state index contributed by atoms with van der Waals surface area (Å²) in [6.45, 7) is 1.32. The molecule has 28 heavy (non-hydrogen) atoms. The molecule has 1 aromatic heterocycles. The number of benzene rings is 2. The van der Waals surface area contributed by atoms with Crippen molar-refractivity contribution < 1.29 is 18.7 Å². The average molecular weight is 381 g/mol. The quantitative estimate of drug-likeness (QED) is 0.696. The summed E-state index contributed by atoms with van der Waals surface area (Å²) in [7, 11) is 1.61. The third-order valence-corrected chi connectivity index (χ3v) is 4.74. The van der Waals surface area contributed by atoms with E-state index in [0.29, 0.717) is 25.4 Å². The number of hydrogen-bond acceptors (Lipinski definition) is 4. The van der Waals surface area contributed by atoms with Crippen molar-refractivity contribution in [2.45, 2.75) is 6.10 Å². The van der Waals surface area contributed by atoms with E-state index in [1.165, 1.54) is 12.1 Å². The number of aromatic nitrogens is 2. The van der Waals surface area contributed by atoms with Gasteiger partial charge in [0.1, 0.15) is 17.7 Å². The molecule has 6 nitrogen and oxygen atoms in total. The molecule has 0 spiro atoms. The molecule has 7 heteroatoms. The maximum absolute atomic E-state index is 13.1. The number of carbonyl (C=O) groups is 1. The maximum Gasteiger partial charge on any atom is 0.274 e. The maximum atomic E-state index is 13.1. The lowest BCUT2D eigenvalue weighted by Crippen LogP contribution is -2.42. The highest BCUT2D eigenvalue weighted by atomic mass is 19.1. The van der Waals surface area contributed by atoms with E-state index in [4.69, 9.17) is 9.47 Å². The van der Waals surface area contributed by atoms with Crippen LogP contribution in [0.4, 0.5) is 4.39 Å². The number of carbonyl (C=O) groups excluding carboxylic acids is 1. The van der Waals surface area contributed by atoms with E-state index in [2.05, 4.69) is 5.10 Å². The summed E-state index contributed by atoms with van der Waals surface area (Å²) in [6, 6.07) is 15.3. The number of rotatable bonds is 4.